The van der Waals surface area contributed by atoms with Gasteiger partial charge in [-0.1, -0.05) is 24.6 Å². The molecule has 21 heavy (non-hydrogen) atoms. The van der Waals surface area contributed by atoms with Gasteiger partial charge in [0.2, 0.25) is 5.91 Å². The minimum Gasteiger partial charge on any atom is -0.341 e. The van der Waals surface area contributed by atoms with Gasteiger partial charge in [-0.3, -0.25) is 14.9 Å². The van der Waals surface area contributed by atoms with Crippen molar-refractivity contribution in [2.75, 3.05) is 13.6 Å². The Morgan fingerprint density at radius 1 is 1.43 bits per heavy atom. The van der Waals surface area contributed by atoms with E-state index in [1.54, 1.807) is 30.1 Å². The van der Waals surface area contributed by atoms with E-state index in [0.717, 1.165) is 19.3 Å². The SMILES string of the molecule is CN(Cc1ccccc1[N+](=O)[O-])C(=O)[C@@H]1CCC[C@@H]1CN. The summed E-state index contributed by atoms with van der Waals surface area (Å²) in [6.45, 7) is 0.777. The average Bonchev–Trinajstić information content (AvgIpc) is 2.95. The second kappa shape index (κ2) is 6.67. The molecule has 0 saturated heterocycles. The first-order valence-corrected chi connectivity index (χ1v) is 7.22. The van der Waals surface area contributed by atoms with E-state index in [-0.39, 0.29) is 30.0 Å². The van der Waals surface area contributed by atoms with Gasteiger partial charge in [-0.05, 0) is 25.3 Å². The number of carbonyl (C=O) groups excluding carboxylic acids is 1. The number of nitrogens with two attached hydrogens (primary N) is 1. The second-order valence-corrected chi connectivity index (χ2v) is 5.61. The number of carbonyl (C=O) groups is 1. The lowest BCUT2D eigenvalue weighted by Crippen LogP contribution is -2.36. The van der Waals surface area contributed by atoms with Crippen molar-refractivity contribution in [2.24, 2.45) is 17.6 Å². The Morgan fingerprint density at radius 2 is 2.14 bits per heavy atom. The molecule has 1 amide bonds. The maximum absolute atomic E-state index is 12.5. The maximum Gasteiger partial charge on any atom is 0.274 e. The van der Waals surface area contributed by atoms with Crippen LogP contribution in [0.1, 0.15) is 24.8 Å². The van der Waals surface area contributed by atoms with Crippen LogP contribution in [0.2, 0.25) is 0 Å². The van der Waals surface area contributed by atoms with E-state index >= 15 is 0 Å². The lowest BCUT2D eigenvalue weighted by molar-refractivity contribution is -0.385. The topological polar surface area (TPSA) is 89.5 Å². The number of nitrogens with zero attached hydrogens (tertiary/aromatic N) is 2. The molecular formula is C15H21N3O3. The van der Waals surface area contributed by atoms with Crippen LogP contribution >= 0.6 is 0 Å². The molecule has 1 aliphatic rings. The van der Waals surface area contributed by atoms with Crippen LogP contribution in [0.25, 0.3) is 0 Å². The Bertz CT molecular complexity index is 533. The summed E-state index contributed by atoms with van der Waals surface area (Å²) in [6.07, 6.45) is 2.88. The third kappa shape index (κ3) is 3.39. The highest BCUT2D eigenvalue weighted by molar-refractivity contribution is 5.79. The summed E-state index contributed by atoms with van der Waals surface area (Å²) in [6, 6.07) is 6.53. The normalized spacial score (nSPS) is 21.2. The molecule has 0 aromatic heterocycles. The molecule has 1 aromatic rings. The third-order valence-electron chi connectivity index (χ3n) is 4.25. The fourth-order valence-corrected chi connectivity index (χ4v) is 3.08. The van der Waals surface area contributed by atoms with E-state index in [9.17, 15) is 14.9 Å². The van der Waals surface area contributed by atoms with Gasteiger partial charge in [0.15, 0.2) is 0 Å². The number of hydrogen-bond donors (Lipinski definition) is 1. The molecule has 1 saturated carbocycles. The molecule has 0 aliphatic heterocycles. The molecule has 6 heteroatoms. The highest BCUT2D eigenvalue weighted by Crippen LogP contribution is 2.32. The van der Waals surface area contributed by atoms with Gasteiger partial charge in [0.1, 0.15) is 0 Å². The molecule has 1 aliphatic carbocycles. The Hall–Kier alpha value is -1.95. The minimum absolute atomic E-state index is 0.0391. The highest BCUT2D eigenvalue weighted by Gasteiger charge is 2.34. The number of amides is 1. The number of benzene rings is 1. The zero-order valence-electron chi connectivity index (χ0n) is 12.2. The number of nitro benzene ring substituents is 1. The van der Waals surface area contributed by atoms with Crippen LogP contribution in [0.4, 0.5) is 5.69 Å². The zero-order valence-corrected chi connectivity index (χ0v) is 12.2. The molecule has 2 rings (SSSR count). The smallest absolute Gasteiger partial charge is 0.274 e. The summed E-state index contributed by atoms with van der Waals surface area (Å²) in [5, 5.41) is 11.0. The van der Waals surface area contributed by atoms with Crippen molar-refractivity contribution < 1.29 is 9.72 Å². The molecule has 1 aromatic carbocycles. The predicted octanol–water partition coefficient (Wildman–Crippen LogP) is 1.93. The molecule has 0 spiro atoms. The van der Waals surface area contributed by atoms with Crippen molar-refractivity contribution in [2.45, 2.75) is 25.8 Å². The average molecular weight is 291 g/mol. The van der Waals surface area contributed by atoms with Crippen molar-refractivity contribution in [3.8, 4) is 0 Å². The maximum atomic E-state index is 12.5. The molecule has 6 nitrogen and oxygen atoms in total. The molecule has 0 bridgehead atoms. The second-order valence-electron chi connectivity index (χ2n) is 5.61. The van der Waals surface area contributed by atoms with Crippen LogP contribution in [0.5, 0.6) is 0 Å². The summed E-state index contributed by atoms with van der Waals surface area (Å²) in [7, 11) is 1.70. The van der Waals surface area contributed by atoms with E-state index in [1.165, 1.54) is 6.07 Å². The van der Waals surface area contributed by atoms with Crippen molar-refractivity contribution in [1.29, 1.82) is 0 Å². The molecular weight excluding hydrogens is 270 g/mol. The minimum atomic E-state index is -0.411. The summed E-state index contributed by atoms with van der Waals surface area (Å²) in [5.74, 6) is 0.245. The van der Waals surface area contributed by atoms with Crippen LogP contribution in [0, 0.1) is 22.0 Å². The number of hydrogen-bond acceptors (Lipinski definition) is 4. The first-order chi connectivity index (χ1) is 10.0. The first kappa shape index (κ1) is 15.4. The van der Waals surface area contributed by atoms with Crippen molar-refractivity contribution in [1.82, 2.24) is 4.90 Å². The fraction of sp³-hybridized carbons (Fsp3) is 0.533. The summed E-state index contributed by atoms with van der Waals surface area (Å²) < 4.78 is 0. The van der Waals surface area contributed by atoms with Crippen molar-refractivity contribution in [3.63, 3.8) is 0 Å². The fourth-order valence-electron chi connectivity index (χ4n) is 3.08. The van der Waals surface area contributed by atoms with E-state index < -0.39 is 4.92 Å². The van der Waals surface area contributed by atoms with Crippen LogP contribution in [-0.4, -0.2) is 29.3 Å². The monoisotopic (exact) mass is 291 g/mol. The van der Waals surface area contributed by atoms with Crippen LogP contribution in [0.3, 0.4) is 0 Å². The van der Waals surface area contributed by atoms with E-state index in [1.807, 2.05) is 0 Å². The first-order valence-electron chi connectivity index (χ1n) is 7.22. The Balaban J connectivity index is 2.09. The molecule has 2 N–H and O–H groups in total. The predicted molar refractivity (Wildman–Crippen MR) is 79.5 cm³/mol. The summed E-state index contributed by atoms with van der Waals surface area (Å²) >= 11 is 0. The zero-order chi connectivity index (χ0) is 15.4. The molecule has 0 radical (unpaired) electrons. The molecule has 114 valence electrons. The van der Waals surface area contributed by atoms with Gasteiger partial charge in [-0.25, -0.2) is 0 Å². The van der Waals surface area contributed by atoms with Gasteiger partial charge >= 0.3 is 0 Å². The molecule has 2 atom stereocenters. The molecule has 0 heterocycles. The molecule has 1 fully saturated rings. The van der Waals surface area contributed by atoms with Crippen LogP contribution in [0.15, 0.2) is 24.3 Å². The van der Waals surface area contributed by atoms with Gasteiger partial charge in [-0.15, -0.1) is 0 Å². The van der Waals surface area contributed by atoms with Gasteiger partial charge < -0.3 is 10.6 Å². The Kier molecular flexibility index (Phi) is 4.90. The van der Waals surface area contributed by atoms with Crippen LogP contribution in [-0.2, 0) is 11.3 Å². The standard InChI is InChI=1S/C15H21N3O3/c1-17(15(19)13-7-4-6-11(13)9-16)10-12-5-2-3-8-14(12)18(20)21/h2-3,5,8,11,13H,4,6-7,9-10,16H2,1H3/t11-,13-/m1/s1. The van der Waals surface area contributed by atoms with Crippen molar-refractivity contribution in [3.05, 3.63) is 39.9 Å². The van der Waals surface area contributed by atoms with E-state index in [4.69, 9.17) is 5.73 Å². The van der Waals surface area contributed by atoms with Gasteiger partial charge in [0.05, 0.1) is 11.5 Å². The lowest BCUT2D eigenvalue weighted by atomic mass is 9.94. The quantitative estimate of drug-likeness (QED) is 0.663. The lowest BCUT2D eigenvalue weighted by Gasteiger charge is -2.24. The Morgan fingerprint density at radius 3 is 2.81 bits per heavy atom. The van der Waals surface area contributed by atoms with E-state index in [0.29, 0.717) is 12.1 Å². The number of rotatable bonds is 5. The van der Waals surface area contributed by atoms with Gasteiger partial charge in [0, 0.05) is 24.6 Å². The third-order valence-corrected chi connectivity index (χ3v) is 4.25. The summed E-state index contributed by atoms with van der Waals surface area (Å²) in [5.41, 5.74) is 6.33. The van der Waals surface area contributed by atoms with E-state index in [2.05, 4.69) is 0 Å². The summed E-state index contributed by atoms with van der Waals surface area (Å²) in [4.78, 5) is 24.7. The van der Waals surface area contributed by atoms with Gasteiger partial charge in [0.25, 0.3) is 5.69 Å². The Labute approximate surface area is 124 Å². The van der Waals surface area contributed by atoms with Crippen molar-refractivity contribution >= 4 is 11.6 Å². The van der Waals surface area contributed by atoms with Gasteiger partial charge in [-0.2, -0.15) is 0 Å². The van der Waals surface area contributed by atoms with Crippen LogP contribution < -0.4 is 5.73 Å². The number of para-hydroxylation sites is 1. The number of nitro groups is 1. The highest BCUT2D eigenvalue weighted by atomic mass is 16.6. The largest absolute Gasteiger partial charge is 0.341 e. The molecule has 0 unspecified atom stereocenters.